The minimum atomic E-state index is 0.304. The average Bonchev–Trinajstić information content (AvgIpc) is 1.87. The largest absolute Gasteiger partial charge is 0.329 e. The van der Waals surface area contributed by atoms with Gasteiger partial charge in [0.1, 0.15) is 0 Å². The van der Waals surface area contributed by atoms with Gasteiger partial charge < -0.3 is 11.1 Å². The molecule has 0 aliphatic heterocycles. The van der Waals surface area contributed by atoms with Gasteiger partial charge >= 0.3 is 0 Å². The minimum Gasteiger partial charge on any atom is -0.329 e. The predicted molar refractivity (Wildman–Crippen MR) is 46.0 cm³/mol. The average molecular weight is 163 g/mol. The van der Waals surface area contributed by atoms with E-state index in [0.717, 1.165) is 0 Å². The van der Waals surface area contributed by atoms with Crippen molar-refractivity contribution in [3.63, 3.8) is 0 Å². The van der Waals surface area contributed by atoms with Crippen LogP contribution in [0.15, 0.2) is 0 Å². The summed E-state index contributed by atoms with van der Waals surface area (Å²) in [5.41, 5.74) is 5.17. The van der Waals surface area contributed by atoms with Gasteiger partial charge in [-0.2, -0.15) is 0 Å². The standard InChI is InChI=1S/C4H9N3S2/c1-9-4(6)7-3(8)2-5/h2,5H2,1H3,(H2,6,7,8). The molecule has 0 radical (unpaired) electrons. The first-order chi connectivity index (χ1) is 4.20. The Labute approximate surface area is 63.9 Å². The van der Waals surface area contributed by atoms with Crippen LogP contribution in [0, 0.1) is 5.41 Å². The van der Waals surface area contributed by atoms with E-state index in [1.165, 1.54) is 11.8 Å². The highest BCUT2D eigenvalue weighted by molar-refractivity contribution is 8.13. The minimum absolute atomic E-state index is 0.304. The van der Waals surface area contributed by atoms with Crippen LogP contribution in [0.2, 0.25) is 0 Å². The Hall–Kier alpha value is -0.130. The third-order valence-corrected chi connectivity index (χ3v) is 1.42. The molecular formula is C4H9N3S2. The second-order valence-electron chi connectivity index (χ2n) is 1.29. The lowest BCUT2D eigenvalue weighted by Gasteiger charge is -2.02. The number of hydrogen-bond acceptors (Lipinski definition) is 4. The Kier molecular flexibility index (Phi) is 4.65. The number of amidine groups is 1. The van der Waals surface area contributed by atoms with Gasteiger partial charge in [-0.25, -0.2) is 0 Å². The van der Waals surface area contributed by atoms with Gasteiger partial charge in [-0.1, -0.05) is 24.0 Å². The van der Waals surface area contributed by atoms with Crippen LogP contribution in [-0.2, 0) is 0 Å². The summed E-state index contributed by atoms with van der Waals surface area (Å²) in [6.07, 6.45) is 1.80. The fourth-order valence-electron chi connectivity index (χ4n) is 0.229. The maximum Gasteiger partial charge on any atom is 0.158 e. The van der Waals surface area contributed by atoms with E-state index in [4.69, 9.17) is 23.4 Å². The van der Waals surface area contributed by atoms with Crippen LogP contribution < -0.4 is 11.1 Å². The highest BCUT2D eigenvalue weighted by Crippen LogP contribution is 1.89. The van der Waals surface area contributed by atoms with Crippen LogP contribution in [0.4, 0.5) is 0 Å². The highest BCUT2D eigenvalue weighted by atomic mass is 32.2. The van der Waals surface area contributed by atoms with E-state index in [-0.39, 0.29) is 0 Å². The maximum absolute atomic E-state index is 7.08. The summed E-state index contributed by atoms with van der Waals surface area (Å²) < 4.78 is 0. The summed E-state index contributed by atoms with van der Waals surface area (Å²) in [6, 6.07) is 0. The molecule has 3 nitrogen and oxygen atoms in total. The van der Waals surface area contributed by atoms with E-state index < -0.39 is 0 Å². The zero-order valence-electron chi connectivity index (χ0n) is 5.10. The SMILES string of the molecule is CSC(=N)NC(=S)CN. The number of rotatable bonds is 1. The summed E-state index contributed by atoms with van der Waals surface area (Å²) in [5, 5.41) is 10.1. The van der Waals surface area contributed by atoms with E-state index in [2.05, 4.69) is 5.32 Å². The first-order valence-corrected chi connectivity index (χ1v) is 3.96. The van der Waals surface area contributed by atoms with E-state index >= 15 is 0 Å². The molecule has 0 saturated heterocycles. The first-order valence-electron chi connectivity index (χ1n) is 2.33. The Morgan fingerprint density at radius 2 is 2.44 bits per heavy atom. The second kappa shape index (κ2) is 4.72. The highest BCUT2D eigenvalue weighted by Gasteiger charge is 1.93. The van der Waals surface area contributed by atoms with Crippen molar-refractivity contribution in [3.8, 4) is 0 Å². The summed E-state index contributed by atoms with van der Waals surface area (Å²) in [7, 11) is 0. The van der Waals surface area contributed by atoms with E-state index in [0.29, 0.717) is 16.7 Å². The Balaban J connectivity index is 3.47. The molecule has 0 saturated carbocycles. The van der Waals surface area contributed by atoms with Crippen molar-refractivity contribution in [2.24, 2.45) is 5.73 Å². The molecule has 5 heteroatoms. The van der Waals surface area contributed by atoms with Gasteiger partial charge in [0.05, 0.1) is 4.99 Å². The monoisotopic (exact) mass is 163 g/mol. The number of thiocarbonyl (C=S) groups is 1. The summed E-state index contributed by atoms with van der Waals surface area (Å²) in [4.78, 5) is 0.509. The van der Waals surface area contributed by atoms with Gasteiger partial charge in [-0.3, -0.25) is 5.41 Å². The molecule has 9 heavy (non-hydrogen) atoms. The summed E-state index contributed by atoms with van der Waals surface area (Å²) >= 11 is 6.01. The lowest BCUT2D eigenvalue weighted by Crippen LogP contribution is -2.31. The molecule has 0 atom stereocenters. The number of nitrogens with two attached hydrogens (primary N) is 1. The molecule has 52 valence electrons. The van der Waals surface area contributed by atoms with E-state index in [1.54, 1.807) is 6.26 Å². The molecule has 0 aromatic carbocycles. The molecule has 4 N–H and O–H groups in total. The van der Waals surface area contributed by atoms with Crippen molar-refractivity contribution in [2.75, 3.05) is 12.8 Å². The molecule has 0 unspecified atom stereocenters. The third kappa shape index (κ3) is 4.38. The maximum atomic E-state index is 7.08. The van der Waals surface area contributed by atoms with Gasteiger partial charge in [0.25, 0.3) is 0 Å². The van der Waals surface area contributed by atoms with Gasteiger partial charge in [0.15, 0.2) is 5.17 Å². The van der Waals surface area contributed by atoms with Crippen molar-refractivity contribution in [3.05, 3.63) is 0 Å². The van der Waals surface area contributed by atoms with Crippen LogP contribution in [0.1, 0.15) is 0 Å². The Morgan fingerprint density at radius 3 is 2.78 bits per heavy atom. The lowest BCUT2D eigenvalue weighted by atomic mass is 10.6. The summed E-state index contributed by atoms with van der Waals surface area (Å²) in [5.74, 6) is 0. The molecule has 0 aromatic heterocycles. The molecule has 0 aromatic rings. The van der Waals surface area contributed by atoms with Crippen LogP contribution in [0.3, 0.4) is 0 Å². The molecule has 0 aliphatic rings. The molecule has 0 bridgehead atoms. The Bertz CT molecular complexity index is 109. The van der Waals surface area contributed by atoms with Crippen molar-refractivity contribution in [1.29, 1.82) is 5.41 Å². The number of thioether (sulfide) groups is 1. The number of nitrogens with one attached hydrogen (secondary N) is 2. The van der Waals surface area contributed by atoms with Crippen molar-refractivity contribution < 1.29 is 0 Å². The van der Waals surface area contributed by atoms with Crippen molar-refractivity contribution in [1.82, 2.24) is 5.32 Å². The van der Waals surface area contributed by atoms with E-state index in [9.17, 15) is 0 Å². The third-order valence-electron chi connectivity index (χ3n) is 0.642. The molecular weight excluding hydrogens is 154 g/mol. The predicted octanol–water partition coefficient (Wildman–Crippen LogP) is 0.160. The lowest BCUT2D eigenvalue weighted by molar-refractivity contribution is 1.24. The first kappa shape index (κ1) is 8.87. The summed E-state index contributed by atoms with van der Waals surface area (Å²) in [6.45, 7) is 0.304. The zero-order chi connectivity index (χ0) is 7.28. The normalized spacial score (nSPS) is 8.67. The molecule has 0 heterocycles. The molecule has 0 amide bonds. The molecule has 0 fully saturated rings. The molecule has 0 spiro atoms. The molecule has 0 aliphatic carbocycles. The smallest absolute Gasteiger partial charge is 0.158 e. The van der Waals surface area contributed by atoms with Crippen molar-refractivity contribution >= 4 is 34.1 Å². The molecule has 0 rings (SSSR count). The fraction of sp³-hybridized carbons (Fsp3) is 0.500. The zero-order valence-corrected chi connectivity index (χ0v) is 6.73. The van der Waals surface area contributed by atoms with Crippen molar-refractivity contribution in [2.45, 2.75) is 0 Å². The van der Waals surface area contributed by atoms with Crippen LogP contribution in [-0.4, -0.2) is 23.0 Å². The van der Waals surface area contributed by atoms with Crippen LogP contribution >= 0.6 is 24.0 Å². The Morgan fingerprint density at radius 1 is 1.89 bits per heavy atom. The number of hydrogen-bond donors (Lipinski definition) is 3. The van der Waals surface area contributed by atoms with Gasteiger partial charge in [-0.05, 0) is 6.26 Å². The quantitative estimate of drug-likeness (QED) is 0.293. The topological polar surface area (TPSA) is 61.9 Å². The van der Waals surface area contributed by atoms with Crippen LogP contribution in [0.5, 0.6) is 0 Å². The second-order valence-corrected chi connectivity index (χ2v) is 2.59. The van der Waals surface area contributed by atoms with Gasteiger partial charge in [-0.15, -0.1) is 0 Å². The van der Waals surface area contributed by atoms with Gasteiger partial charge in [0.2, 0.25) is 0 Å². The van der Waals surface area contributed by atoms with Gasteiger partial charge in [0, 0.05) is 6.54 Å². The van der Waals surface area contributed by atoms with E-state index in [1.807, 2.05) is 0 Å². The fourth-order valence-corrected chi connectivity index (χ4v) is 0.621. The van der Waals surface area contributed by atoms with Crippen LogP contribution in [0.25, 0.3) is 0 Å².